The summed E-state index contributed by atoms with van der Waals surface area (Å²) in [7, 11) is 3.14. The molecule has 2 aromatic carbocycles. The molecule has 34 heteroatoms. The number of nitrogens with one attached hydrogen (secondary N) is 5. The Hall–Kier alpha value is -7.24. The Morgan fingerprint density at radius 2 is 1.38 bits per heavy atom. The first-order valence-electron chi connectivity index (χ1n) is 31.0. The minimum absolute atomic E-state index is 0.0236. The van der Waals surface area contributed by atoms with Crippen LogP contribution in [0, 0.1) is 29.6 Å². The monoisotopic (exact) mass is 1400 g/mol. The highest BCUT2D eigenvalue weighted by atomic mass is 32.2. The van der Waals surface area contributed by atoms with Crippen LogP contribution in [-0.2, 0) is 64.5 Å². The van der Waals surface area contributed by atoms with Gasteiger partial charge in [-0.25, -0.2) is 9.59 Å². The lowest BCUT2D eigenvalue weighted by atomic mass is 9.89. The van der Waals surface area contributed by atoms with Gasteiger partial charge in [0.05, 0.1) is 68.9 Å². The van der Waals surface area contributed by atoms with Gasteiger partial charge in [-0.2, -0.15) is 34.8 Å². The molecule has 546 valence electrons. The van der Waals surface area contributed by atoms with Crippen molar-refractivity contribution in [2.45, 2.75) is 192 Å². The van der Waals surface area contributed by atoms with E-state index in [1.807, 2.05) is 45.9 Å². The number of carboxylic acid groups (broad SMARTS) is 2. The van der Waals surface area contributed by atoms with Gasteiger partial charge in [-0.05, 0) is 74.1 Å². The molecule has 8 amide bonds. The predicted molar refractivity (Wildman–Crippen MR) is 338 cm³/mol. The first-order chi connectivity index (χ1) is 44.1. The molecule has 0 aliphatic carbocycles. The van der Waals surface area contributed by atoms with Gasteiger partial charge in [0.1, 0.15) is 29.5 Å². The van der Waals surface area contributed by atoms with Crippen molar-refractivity contribution in [2.24, 2.45) is 41.1 Å². The molecule has 1 saturated heterocycles. The van der Waals surface area contributed by atoms with Gasteiger partial charge < -0.3 is 81.9 Å². The number of nitrogens with zero attached hydrogens (tertiary/aromatic N) is 3. The highest BCUT2D eigenvalue weighted by Gasteiger charge is 2.46. The quantitative estimate of drug-likeness (QED) is 0.0216. The number of likely N-dealkylation sites (tertiary alicyclic amines) is 1. The first kappa shape index (κ1) is 86.8. The summed E-state index contributed by atoms with van der Waals surface area (Å²) < 4.78 is 112. The summed E-state index contributed by atoms with van der Waals surface area (Å²) in [6.07, 6.45) is -10.6. The van der Waals surface area contributed by atoms with E-state index in [0.717, 1.165) is 6.07 Å². The third kappa shape index (κ3) is 27.0. The molecule has 0 bridgehead atoms. The number of urea groups is 1. The van der Waals surface area contributed by atoms with E-state index in [4.69, 9.17) is 40.7 Å². The number of rotatable bonds is 32. The average Bonchev–Trinajstić information content (AvgIpc) is 1.02. The third-order valence-electron chi connectivity index (χ3n) is 16.4. The number of aliphatic hydroxyl groups is 1. The summed E-state index contributed by atoms with van der Waals surface area (Å²) in [6.45, 7) is 18.6. The molecule has 27 nitrogen and oxygen atoms in total. The van der Waals surface area contributed by atoms with Gasteiger partial charge in [-0.1, -0.05) is 99.1 Å². The number of methoxy groups -OCH3 is 2. The zero-order valence-corrected chi connectivity index (χ0v) is 57.7. The van der Waals surface area contributed by atoms with Crippen LogP contribution >= 0.6 is 0 Å². The standard InChI is InChI=1S/C58H96N10O13S.2C2HF3O2/c1-16-36(8)49(44(80-14)31-46(69)67-29-21-25-43(67)52(81-15)37(9)53(71)62-38(10)51(70)39-22-18-17-19-23-39)66(11)57(75)48(34(4)5)65-56(74)50(35(6)7)68(12,13)32-40-26-27-41(30-45(40)82(77,78)79)63-54(72)42(24-20-28-61-58(60)76)64-55(73)47(59)33(2)3;2*3-2(4,5)1(6)7/h17-19,22-23,26-27,30,33-38,42-44,47-52,70H,16,20-21,24-25,28-29,31-32,59H2,1-15H3,(H7-,60,61,62,63,64,65,71,72,73,74,76,77,78,79);2*(H,6,7)/t36-,37+,38+,42-,43-,44+,47-,48-,49-,50-,51+,52+;;/m0../s1. The first-order valence-corrected chi connectivity index (χ1v) is 32.4. The molecule has 1 aliphatic heterocycles. The topological polar surface area (TPSA) is 409 Å². The van der Waals surface area contributed by atoms with Crippen molar-refractivity contribution in [2.75, 3.05) is 53.8 Å². The number of carbonyl (C=O) groups excluding carboxylic acids is 8. The molecule has 1 heterocycles. The minimum Gasteiger partial charge on any atom is -0.542 e. The minimum atomic E-state index is -5.19. The van der Waals surface area contributed by atoms with Crippen molar-refractivity contribution in [3.05, 3.63) is 59.7 Å². The number of likely N-dealkylation sites (N-methyl/N-ethyl adjacent to an activating group) is 2. The zero-order valence-electron chi connectivity index (χ0n) is 56.9. The number of aliphatic hydroxyl groups excluding tert-OH is 1. The lowest BCUT2D eigenvalue weighted by molar-refractivity contribution is -0.922. The van der Waals surface area contributed by atoms with Crippen LogP contribution in [0.5, 0.6) is 0 Å². The van der Waals surface area contributed by atoms with Crippen LogP contribution in [0.2, 0.25) is 0 Å². The summed E-state index contributed by atoms with van der Waals surface area (Å²) in [5.41, 5.74) is 12.0. The molecule has 12 N–H and O–H groups in total. The fourth-order valence-corrected chi connectivity index (χ4v) is 11.9. The van der Waals surface area contributed by atoms with Crippen molar-refractivity contribution in [3.63, 3.8) is 0 Å². The van der Waals surface area contributed by atoms with Crippen LogP contribution in [0.15, 0.2) is 53.4 Å². The van der Waals surface area contributed by atoms with Crippen LogP contribution in [-0.4, -0.2) is 206 Å². The van der Waals surface area contributed by atoms with Gasteiger partial charge in [-0.3, -0.25) is 33.3 Å². The predicted octanol–water partition coefficient (Wildman–Crippen LogP) is 3.62. The maximum absolute atomic E-state index is 14.9. The van der Waals surface area contributed by atoms with Crippen LogP contribution in [0.3, 0.4) is 0 Å². The summed E-state index contributed by atoms with van der Waals surface area (Å²) in [4.78, 5) is 116. The molecule has 12 atom stereocenters. The molecule has 3 rings (SSSR count). The number of anilines is 1. The highest BCUT2D eigenvalue weighted by molar-refractivity contribution is 7.85. The van der Waals surface area contributed by atoms with E-state index in [2.05, 4.69) is 26.6 Å². The van der Waals surface area contributed by atoms with Crippen LogP contribution in [0.1, 0.15) is 125 Å². The number of amides is 8. The van der Waals surface area contributed by atoms with Crippen molar-refractivity contribution >= 4 is 69.2 Å². The fourth-order valence-electron chi connectivity index (χ4n) is 11.2. The largest absolute Gasteiger partial charge is 0.542 e. The van der Waals surface area contributed by atoms with Crippen molar-refractivity contribution in [1.29, 1.82) is 0 Å². The molecular formula is C62H98F6N10O17S. The number of benzene rings is 2. The SMILES string of the molecule is CC[C@H](C)[C@@H]([C@@H](CC(=O)N1CCC[C@H]1[C@H](OC)[C@@H](C)C(=O)N[C@H](C)[C@@H](O)c1ccccc1)OC)N(C)C(=O)[C@@H](NC(=O)[C@H](C(C)C)[N+](C)(C)Cc1ccc(NC(=O)[C@H](CCCNC(N)=O)NC(=O)[C@@H](N)C(C)C)cc1S(=O)(=O)O)C(C)C.O=C(O)C(F)(F)F.O=C([O-])C(F)(F)F. The number of alkyl halides is 6. The number of ether oxygens (including phenoxy) is 2. The van der Waals surface area contributed by atoms with Crippen LogP contribution in [0.4, 0.5) is 36.8 Å². The molecule has 96 heavy (non-hydrogen) atoms. The Morgan fingerprint density at radius 1 is 0.812 bits per heavy atom. The zero-order chi connectivity index (χ0) is 74.3. The average molecular weight is 1400 g/mol. The molecule has 0 radical (unpaired) electrons. The highest BCUT2D eigenvalue weighted by Crippen LogP contribution is 2.32. The number of nitrogens with two attached hydrogens (primary N) is 2. The Bertz CT molecular complexity index is 3000. The molecule has 2 aromatic rings. The number of hydrogen-bond donors (Lipinski definition) is 10. The second-order valence-electron chi connectivity index (χ2n) is 25.2. The summed E-state index contributed by atoms with van der Waals surface area (Å²) in [6, 6.07) is 6.47. The molecule has 1 aliphatic rings. The number of primary amides is 1. The smallest absolute Gasteiger partial charge is 0.490 e. The van der Waals surface area contributed by atoms with Crippen molar-refractivity contribution in [1.82, 2.24) is 31.1 Å². The molecular weight excluding hydrogens is 1300 g/mol. The van der Waals surface area contributed by atoms with Crippen LogP contribution in [0.25, 0.3) is 0 Å². The second-order valence-corrected chi connectivity index (χ2v) is 26.6. The van der Waals surface area contributed by atoms with E-state index < -0.39 is 141 Å². The van der Waals surface area contributed by atoms with Gasteiger partial charge in [0.15, 0.2) is 6.04 Å². The number of carbonyl (C=O) groups is 9. The second kappa shape index (κ2) is 38.6. The van der Waals surface area contributed by atoms with E-state index in [9.17, 15) is 78.0 Å². The van der Waals surface area contributed by atoms with Gasteiger partial charge >= 0.3 is 24.4 Å². The molecule has 0 spiro atoms. The number of carboxylic acids is 2. The number of hydrogen-bond acceptors (Lipinski definition) is 16. The molecule has 0 aromatic heterocycles. The normalized spacial score (nSPS) is 17.0. The lowest BCUT2D eigenvalue weighted by Crippen LogP contribution is -2.63. The van der Waals surface area contributed by atoms with E-state index in [1.165, 1.54) is 26.4 Å². The van der Waals surface area contributed by atoms with Gasteiger partial charge in [-0.15, -0.1) is 0 Å². The Labute approximate surface area is 556 Å². The number of quaternary nitrogens is 1. The third-order valence-corrected chi connectivity index (χ3v) is 17.3. The summed E-state index contributed by atoms with van der Waals surface area (Å²) in [5, 5.41) is 40.5. The Kier molecular flexibility index (Phi) is 34.9. The Balaban J connectivity index is 0.00000294. The lowest BCUT2D eigenvalue weighted by Gasteiger charge is -2.42. The Morgan fingerprint density at radius 3 is 1.83 bits per heavy atom. The van der Waals surface area contributed by atoms with Gasteiger partial charge in [0.2, 0.25) is 29.5 Å². The summed E-state index contributed by atoms with van der Waals surface area (Å²) >= 11 is 0. The van der Waals surface area contributed by atoms with Gasteiger partial charge in [0, 0.05) is 51.5 Å². The van der Waals surface area contributed by atoms with Crippen molar-refractivity contribution in [3.8, 4) is 0 Å². The molecule has 0 saturated carbocycles. The molecule has 1 fully saturated rings. The van der Waals surface area contributed by atoms with Crippen LogP contribution < -0.4 is 43.2 Å². The molecule has 0 unspecified atom stereocenters. The maximum Gasteiger partial charge on any atom is 0.490 e. The van der Waals surface area contributed by atoms with Crippen molar-refractivity contribution < 1.29 is 112 Å². The van der Waals surface area contributed by atoms with E-state index in [-0.39, 0.29) is 77.7 Å². The van der Waals surface area contributed by atoms with E-state index >= 15 is 0 Å². The number of halogens is 6. The van der Waals surface area contributed by atoms with E-state index in [1.54, 1.807) is 84.6 Å². The number of aliphatic carboxylic acids is 2. The fraction of sp³-hybridized carbons (Fsp3) is 0.661. The summed E-state index contributed by atoms with van der Waals surface area (Å²) in [5.74, 6) is -10.5. The maximum atomic E-state index is 14.9. The van der Waals surface area contributed by atoms with E-state index in [0.29, 0.717) is 31.4 Å². The van der Waals surface area contributed by atoms with Gasteiger partial charge in [0.25, 0.3) is 16.0 Å².